The molecule has 0 aliphatic carbocycles. The Kier molecular flexibility index (Phi) is 3.88. The number of benzene rings is 2. The number of hydrogen-bond acceptors (Lipinski definition) is 4. The predicted molar refractivity (Wildman–Crippen MR) is 97.5 cm³/mol. The van der Waals surface area contributed by atoms with Crippen LogP contribution in [-0.2, 0) is 0 Å². The number of thiophene rings is 1. The van der Waals surface area contributed by atoms with Gasteiger partial charge in [0.1, 0.15) is 12.1 Å². The molecule has 0 amide bonds. The quantitative estimate of drug-likeness (QED) is 0.497. The van der Waals surface area contributed by atoms with Gasteiger partial charge in [0.2, 0.25) is 0 Å². The topological polar surface area (TPSA) is 37.8 Å². The van der Waals surface area contributed by atoms with Crippen molar-refractivity contribution in [1.82, 2.24) is 9.97 Å². The van der Waals surface area contributed by atoms with Crippen LogP contribution in [0.25, 0.3) is 21.3 Å². The van der Waals surface area contributed by atoms with Crippen molar-refractivity contribution in [3.05, 3.63) is 71.1 Å². The van der Waals surface area contributed by atoms with Crippen molar-refractivity contribution in [3.63, 3.8) is 0 Å². The maximum absolute atomic E-state index is 13.3. The zero-order valence-corrected chi connectivity index (χ0v) is 13.9. The summed E-state index contributed by atoms with van der Waals surface area (Å²) in [5.41, 5.74) is 3.74. The van der Waals surface area contributed by atoms with Crippen molar-refractivity contribution in [1.29, 1.82) is 0 Å². The molecule has 0 radical (unpaired) electrons. The van der Waals surface area contributed by atoms with Crippen molar-refractivity contribution >= 4 is 44.7 Å². The molecule has 0 bridgehead atoms. The van der Waals surface area contributed by atoms with Crippen LogP contribution in [0.4, 0.5) is 15.9 Å². The molecular formula is C18H11ClFN3S. The molecule has 2 aromatic carbocycles. The maximum atomic E-state index is 13.3. The Bertz CT molecular complexity index is 1020. The molecule has 3 nitrogen and oxygen atoms in total. The van der Waals surface area contributed by atoms with E-state index in [1.54, 1.807) is 17.4 Å². The summed E-state index contributed by atoms with van der Waals surface area (Å²) in [4.78, 5) is 8.74. The molecule has 0 aliphatic heterocycles. The van der Waals surface area contributed by atoms with E-state index in [9.17, 15) is 4.39 Å². The van der Waals surface area contributed by atoms with Crippen LogP contribution in [0.1, 0.15) is 0 Å². The molecule has 6 heteroatoms. The fraction of sp³-hybridized carbons (Fsp3) is 0. The molecule has 0 aliphatic rings. The third-order valence-corrected chi connectivity index (χ3v) is 4.89. The first-order chi connectivity index (χ1) is 11.7. The largest absolute Gasteiger partial charge is 0.339 e. The van der Waals surface area contributed by atoms with E-state index in [0.717, 1.165) is 21.3 Å². The van der Waals surface area contributed by atoms with E-state index < -0.39 is 5.82 Å². The molecule has 0 fully saturated rings. The van der Waals surface area contributed by atoms with Gasteiger partial charge in [0.25, 0.3) is 0 Å². The normalized spacial score (nSPS) is 10.9. The SMILES string of the molecule is Fc1ccc(Nc2ncnc3c(-c4ccccc4)csc23)cc1Cl. The van der Waals surface area contributed by atoms with Gasteiger partial charge in [-0.1, -0.05) is 41.9 Å². The summed E-state index contributed by atoms with van der Waals surface area (Å²) in [7, 11) is 0. The lowest BCUT2D eigenvalue weighted by atomic mass is 10.1. The molecule has 118 valence electrons. The van der Waals surface area contributed by atoms with Gasteiger partial charge in [0.15, 0.2) is 5.82 Å². The lowest BCUT2D eigenvalue weighted by Crippen LogP contribution is -1.95. The second-order valence-corrected chi connectivity index (χ2v) is 6.46. The molecule has 4 aromatic rings. The molecular weight excluding hydrogens is 345 g/mol. The van der Waals surface area contributed by atoms with E-state index >= 15 is 0 Å². The number of nitrogens with one attached hydrogen (secondary N) is 1. The van der Waals surface area contributed by atoms with Crippen molar-refractivity contribution < 1.29 is 4.39 Å². The second-order valence-electron chi connectivity index (χ2n) is 5.17. The zero-order chi connectivity index (χ0) is 16.5. The summed E-state index contributed by atoms with van der Waals surface area (Å²) in [5.74, 6) is 0.229. The Balaban J connectivity index is 1.77. The second kappa shape index (κ2) is 6.19. The average Bonchev–Trinajstić information content (AvgIpc) is 3.04. The summed E-state index contributed by atoms with van der Waals surface area (Å²) >= 11 is 7.40. The van der Waals surface area contributed by atoms with Crippen molar-refractivity contribution in [2.45, 2.75) is 0 Å². The molecule has 0 atom stereocenters. The summed E-state index contributed by atoms with van der Waals surface area (Å²) in [5, 5.41) is 5.33. The third-order valence-electron chi connectivity index (χ3n) is 3.62. The number of rotatable bonds is 3. The maximum Gasteiger partial charge on any atom is 0.151 e. The van der Waals surface area contributed by atoms with Gasteiger partial charge >= 0.3 is 0 Å². The lowest BCUT2D eigenvalue weighted by molar-refractivity contribution is 0.628. The van der Waals surface area contributed by atoms with Gasteiger partial charge in [-0.25, -0.2) is 14.4 Å². The summed E-state index contributed by atoms with van der Waals surface area (Å²) in [6.07, 6.45) is 1.52. The number of anilines is 2. The zero-order valence-electron chi connectivity index (χ0n) is 12.3. The number of aromatic nitrogens is 2. The molecule has 2 heterocycles. The molecule has 2 aromatic heterocycles. The van der Waals surface area contributed by atoms with E-state index in [-0.39, 0.29) is 5.02 Å². The Morgan fingerprint density at radius 1 is 1.04 bits per heavy atom. The summed E-state index contributed by atoms with van der Waals surface area (Å²) in [6, 6.07) is 14.6. The van der Waals surface area contributed by atoms with Gasteiger partial charge in [0.05, 0.1) is 15.2 Å². The van der Waals surface area contributed by atoms with E-state index in [1.807, 2.05) is 18.2 Å². The highest BCUT2D eigenvalue weighted by Crippen LogP contribution is 2.36. The van der Waals surface area contributed by atoms with Crippen LogP contribution in [0, 0.1) is 5.82 Å². The highest BCUT2D eigenvalue weighted by atomic mass is 35.5. The smallest absolute Gasteiger partial charge is 0.151 e. The molecule has 24 heavy (non-hydrogen) atoms. The minimum Gasteiger partial charge on any atom is -0.339 e. The minimum absolute atomic E-state index is 0.0708. The van der Waals surface area contributed by atoms with E-state index in [4.69, 9.17) is 11.6 Å². The Labute approximate surface area is 146 Å². The average molecular weight is 356 g/mol. The van der Waals surface area contributed by atoms with Gasteiger partial charge < -0.3 is 5.32 Å². The fourth-order valence-electron chi connectivity index (χ4n) is 2.47. The van der Waals surface area contributed by atoms with Gasteiger partial charge in [0, 0.05) is 16.6 Å². The fourth-order valence-corrected chi connectivity index (χ4v) is 3.63. The molecule has 0 saturated carbocycles. The van der Waals surface area contributed by atoms with Crippen LogP contribution in [0.15, 0.2) is 60.2 Å². The predicted octanol–water partition coefficient (Wildman–Crippen LogP) is 5.89. The lowest BCUT2D eigenvalue weighted by Gasteiger charge is -2.07. The molecule has 0 saturated heterocycles. The van der Waals surface area contributed by atoms with Gasteiger partial charge in [-0.05, 0) is 23.8 Å². The molecule has 1 N–H and O–H groups in total. The van der Waals surface area contributed by atoms with Crippen molar-refractivity contribution in [2.24, 2.45) is 0 Å². The summed E-state index contributed by atoms with van der Waals surface area (Å²) in [6.45, 7) is 0. The number of halogens is 2. The van der Waals surface area contributed by atoms with E-state index in [2.05, 4.69) is 32.8 Å². The Hall–Kier alpha value is -2.50. The number of hydrogen-bond donors (Lipinski definition) is 1. The Morgan fingerprint density at radius 2 is 1.88 bits per heavy atom. The van der Waals surface area contributed by atoms with Gasteiger partial charge in [-0.3, -0.25) is 0 Å². The molecule has 4 rings (SSSR count). The van der Waals surface area contributed by atoms with Crippen LogP contribution in [0.2, 0.25) is 5.02 Å². The monoisotopic (exact) mass is 355 g/mol. The van der Waals surface area contributed by atoms with Crippen LogP contribution in [0.5, 0.6) is 0 Å². The van der Waals surface area contributed by atoms with Crippen LogP contribution < -0.4 is 5.32 Å². The van der Waals surface area contributed by atoms with Gasteiger partial charge in [-0.15, -0.1) is 11.3 Å². The van der Waals surface area contributed by atoms with Crippen molar-refractivity contribution in [2.75, 3.05) is 5.32 Å². The van der Waals surface area contributed by atoms with E-state index in [0.29, 0.717) is 11.5 Å². The highest BCUT2D eigenvalue weighted by molar-refractivity contribution is 7.18. The highest BCUT2D eigenvalue weighted by Gasteiger charge is 2.12. The third kappa shape index (κ3) is 2.72. The number of nitrogens with zero attached hydrogens (tertiary/aromatic N) is 2. The number of fused-ring (bicyclic) bond motifs is 1. The minimum atomic E-state index is -0.447. The van der Waals surface area contributed by atoms with Crippen molar-refractivity contribution in [3.8, 4) is 11.1 Å². The first kappa shape index (κ1) is 15.1. The van der Waals surface area contributed by atoms with Gasteiger partial charge in [-0.2, -0.15) is 0 Å². The first-order valence-corrected chi connectivity index (χ1v) is 8.48. The van der Waals surface area contributed by atoms with Crippen LogP contribution in [-0.4, -0.2) is 9.97 Å². The molecule has 0 unspecified atom stereocenters. The standard InChI is InChI=1S/C18H11ClFN3S/c19-14-8-12(6-7-15(14)20)23-18-17-16(21-10-22-18)13(9-24-17)11-4-2-1-3-5-11/h1-10H,(H,21,22,23). The van der Waals surface area contributed by atoms with Crippen LogP contribution >= 0.6 is 22.9 Å². The Morgan fingerprint density at radius 3 is 2.67 bits per heavy atom. The van der Waals surface area contributed by atoms with E-state index in [1.165, 1.54) is 18.5 Å². The molecule has 0 spiro atoms. The first-order valence-electron chi connectivity index (χ1n) is 7.22. The van der Waals surface area contributed by atoms with Crippen LogP contribution in [0.3, 0.4) is 0 Å². The summed E-state index contributed by atoms with van der Waals surface area (Å²) < 4.78 is 14.2.